The molecule has 0 saturated heterocycles. The molecule has 3 heteroatoms. The smallest absolute Gasteiger partial charge is 0.245 e. The lowest BCUT2D eigenvalue weighted by Crippen LogP contribution is -2.48. The number of carbonyl (C=O) groups excluding carboxylic acids is 1. The first-order valence-electron chi connectivity index (χ1n) is 8.28. The molecule has 1 aliphatic carbocycles. The molecule has 0 heterocycles. The molecule has 3 nitrogen and oxygen atoms in total. The highest BCUT2D eigenvalue weighted by atomic mass is 16.2. The Morgan fingerprint density at radius 2 is 1.91 bits per heavy atom. The summed E-state index contributed by atoms with van der Waals surface area (Å²) in [6.07, 6.45) is 8.31. The monoisotopic (exact) mass is 300 g/mol. The SMILES string of the molecule is Cc1ccc(NC(C)(C)C(=O)NCCC2=CCCCC2)cc1. The van der Waals surface area contributed by atoms with Crippen LogP contribution in [0.1, 0.15) is 51.5 Å². The van der Waals surface area contributed by atoms with E-state index in [1.165, 1.54) is 36.8 Å². The van der Waals surface area contributed by atoms with Gasteiger partial charge in [-0.25, -0.2) is 0 Å². The third-order valence-electron chi connectivity index (χ3n) is 4.19. The van der Waals surface area contributed by atoms with Crippen molar-refractivity contribution in [1.29, 1.82) is 0 Å². The second-order valence-corrected chi connectivity index (χ2v) is 6.73. The van der Waals surface area contributed by atoms with Crippen LogP contribution in [0.25, 0.3) is 0 Å². The molecular formula is C19H28N2O. The van der Waals surface area contributed by atoms with Gasteiger partial charge in [0.05, 0.1) is 0 Å². The first-order valence-corrected chi connectivity index (χ1v) is 8.28. The van der Waals surface area contributed by atoms with Gasteiger partial charge in [-0.1, -0.05) is 29.3 Å². The molecule has 2 N–H and O–H groups in total. The first-order chi connectivity index (χ1) is 10.5. The lowest BCUT2D eigenvalue weighted by Gasteiger charge is -2.26. The summed E-state index contributed by atoms with van der Waals surface area (Å²) in [6.45, 7) is 6.62. The summed E-state index contributed by atoms with van der Waals surface area (Å²) in [6, 6.07) is 8.12. The highest BCUT2D eigenvalue weighted by Gasteiger charge is 2.26. The average molecular weight is 300 g/mol. The Morgan fingerprint density at radius 1 is 1.18 bits per heavy atom. The largest absolute Gasteiger partial charge is 0.372 e. The number of hydrogen-bond acceptors (Lipinski definition) is 2. The number of anilines is 1. The van der Waals surface area contributed by atoms with E-state index in [0.717, 1.165) is 18.7 Å². The van der Waals surface area contributed by atoms with Crippen molar-refractivity contribution < 1.29 is 4.79 Å². The summed E-state index contributed by atoms with van der Waals surface area (Å²) >= 11 is 0. The molecule has 1 amide bonds. The third-order valence-corrected chi connectivity index (χ3v) is 4.19. The molecule has 0 unspecified atom stereocenters. The molecule has 0 fully saturated rings. The predicted octanol–water partition coefficient (Wildman–Crippen LogP) is 4.19. The summed E-state index contributed by atoms with van der Waals surface area (Å²) in [4.78, 5) is 12.4. The molecule has 0 spiro atoms. The van der Waals surface area contributed by atoms with Crippen LogP contribution in [0.4, 0.5) is 5.69 Å². The number of aryl methyl sites for hydroxylation is 1. The molecule has 0 bridgehead atoms. The summed E-state index contributed by atoms with van der Waals surface area (Å²) in [5.41, 5.74) is 3.07. The van der Waals surface area contributed by atoms with Gasteiger partial charge in [0.2, 0.25) is 5.91 Å². The van der Waals surface area contributed by atoms with Crippen LogP contribution in [0.15, 0.2) is 35.9 Å². The lowest BCUT2D eigenvalue weighted by atomic mass is 9.97. The van der Waals surface area contributed by atoms with E-state index in [4.69, 9.17) is 0 Å². The maximum Gasteiger partial charge on any atom is 0.245 e. The van der Waals surface area contributed by atoms with Crippen LogP contribution in [-0.4, -0.2) is 18.0 Å². The van der Waals surface area contributed by atoms with Crippen LogP contribution >= 0.6 is 0 Å². The Labute approximate surface area is 134 Å². The van der Waals surface area contributed by atoms with E-state index in [9.17, 15) is 4.79 Å². The molecule has 1 aromatic rings. The number of nitrogens with one attached hydrogen (secondary N) is 2. The van der Waals surface area contributed by atoms with Crippen LogP contribution in [0, 0.1) is 6.92 Å². The van der Waals surface area contributed by atoms with Crippen molar-refractivity contribution in [2.45, 2.75) is 58.4 Å². The van der Waals surface area contributed by atoms with Gasteiger partial charge in [0, 0.05) is 12.2 Å². The van der Waals surface area contributed by atoms with Gasteiger partial charge in [0.15, 0.2) is 0 Å². The summed E-state index contributed by atoms with van der Waals surface area (Å²) < 4.78 is 0. The zero-order valence-corrected chi connectivity index (χ0v) is 14.0. The highest BCUT2D eigenvalue weighted by molar-refractivity contribution is 5.88. The molecule has 0 aromatic heterocycles. The van der Waals surface area contributed by atoms with Gasteiger partial charge in [-0.2, -0.15) is 0 Å². The topological polar surface area (TPSA) is 41.1 Å². The number of benzene rings is 1. The van der Waals surface area contributed by atoms with Crippen LogP contribution in [-0.2, 0) is 4.79 Å². The van der Waals surface area contributed by atoms with E-state index in [2.05, 4.69) is 23.6 Å². The summed E-state index contributed by atoms with van der Waals surface area (Å²) in [5, 5.41) is 6.37. The molecule has 22 heavy (non-hydrogen) atoms. The maximum absolute atomic E-state index is 12.4. The highest BCUT2D eigenvalue weighted by Crippen LogP contribution is 2.20. The standard InChI is InChI=1S/C19H28N2O/c1-15-9-11-17(12-10-15)21-19(2,3)18(22)20-14-13-16-7-5-4-6-8-16/h7,9-12,21H,4-6,8,13-14H2,1-3H3,(H,20,22). The average Bonchev–Trinajstić information content (AvgIpc) is 2.50. The molecule has 1 aromatic carbocycles. The van der Waals surface area contributed by atoms with Gasteiger partial charge >= 0.3 is 0 Å². The fourth-order valence-electron chi connectivity index (χ4n) is 2.74. The lowest BCUT2D eigenvalue weighted by molar-refractivity contribution is -0.124. The minimum atomic E-state index is -0.615. The third kappa shape index (κ3) is 4.90. The van der Waals surface area contributed by atoms with Gasteiger partial charge in [-0.3, -0.25) is 4.79 Å². The molecule has 1 aliphatic rings. The van der Waals surface area contributed by atoms with Crippen molar-refractivity contribution in [3.05, 3.63) is 41.5 Å². The molecule has 0 atom stereocenters. The minimum absolute atomic E-state index is 0.0458. The van der Waals surface area contributed by atoms with Crippen molar-refractivity contribution in [2.24, 2.45) is 0 Å². The van der Waals surface area contributed by atoms with E-state index in [0.29, 0.717) is 0 Å². The fraction of sp³-hybridized carbons (Fsp3) is 0.526. The van der Waals surface area contributed by atoms with Crippen LogP contribution < -0.4 is 10.6 Å². The zero-order chi connectivity index (χ0) is 16.0. The Balaban J connectivity index is 1.81. The maximum atomic E-state index is 12.4. The predicted molar refractivity (Wildman–Crippen MR) is 93.1 cm³/mol. The number of allylic oxidation sites excluding steroid dienone is 1. The first kappa shape index (κ1) is 16.6. The minimum Gasteiger partial charge on any atom is -0.372 e. The molecular weight excluding hydrogens is 272 g/mol. The van der Waals surface area contributed by atoms with Gasteiger partial charge in [-0.05, 0) is 65.0 Å². The Morgan fingerprint density at radius 3 is 2.55 bits per heavy atom. The number of carbonyl (C=O) groups is 1. The summed E-state index contributed by atoms with van der Waals surface area (Å²) in [5.74, 6) is 0.0458. The second kappa shape index (κ2) is 7.48. The normalized spacial score (nSPS) is 15.1. The Hall–Kier alpha value is -1.77. The van der Waals surface area contributed by atoms with Crippen molar-refractivity contribution in [3.8, 4) is 0 Å². The molecule has 2 rings (SSSR count). The van der Waals surface area contributed by atoms with Crippen molar-refractivity contribution in [3.63, 3.8) is 0 Å². The molecule has 0 radical (unpaired) electrons. The Bertz CT molecular complexity index is 529. The van der Waals surface area contributed by atoms with E-state index < -0.39 is 5.54 Å². The van der Waals surface area contributed by atoms with Crippen LogP contribution in [0.3, 0.4) is 0 Å². The van der Waals surface area contributed by atoms with Crippen LogP contribution in [0.5, 0.6) is 0 Å². The number of hydrogen-bond donors (Lipinski definition) is 2. The zero-order valence-electron chi connectivity index (χ0n) is 14.0. The number of amides is 1. The van der Waals surface area contributed by atoms with E-state index in [-0.39, 0.29) is 5.91 Å². The summed E-state index contributed by atoms with van der Waals surface area (Å²) in [7, 11) is 0. The Kier molecular flexibility index (Phi) is 5.64. The van der Waals surface area contributed by atoms with Gasteiger partial charge in [-0.15, -0.1) is 0 Å². The second-order valence-electron chi connectivity index (χ2n) is 6.73. The van der Waals surface area contributed by atoms with E-state index in [1.807, 2.05) is 38.1 Å². The fourth-order valence-corrected chi connectivity index (χ4v) is 2.74. The van der Waals surface area contributed by atoms with E-state index >= 15 is 0 Å². The molecule has 0 saturated carbocycles. The molecule has 0 aliphatic heterocycles. The van der Waals surface area contributed by atoms with Crippen LogP contribution in [0.2, 0.25) is 0 Å². The van der Waals surface area contributed by atoms with E-state index in [1.54, 1.807) is 0 Å². The van der Waals surface area contributed by atoms with Crippen molar-refractivity contribution in [1.82, 2.24) is 5.32 Å². The molecule has 120 valence electrons. The van der Waals surface area contributed by atoms with Crippen molar-refractivity contribution in [2.75, 3.05) is 11.9 Å². The van der Waals surface area contributed by atoms with Gasteiger partial charge in [0.1, 0.15) is 5.54 Å². The number of rotatable bonds is 6. The quantitative estimate of drug-likeness (QED) is 0.773. The van der Waals surface area contributed by atoms with Gasteiger partial charge in [0.25, 0.3) is 0 Å². The van der Waals surface area contributed by atoms with Gasteiger partial charge < -0.3 is 10.6 Å². The van der Waals surface area contributed by atoms with Crippen molar-refractivity contribution >= 4 is 11.6 Å².